The predicted octanol–water partition coefficient (Wildman–Crippen LogP) is 16.2. The maximum Gasteiger partial charge on any atom is 0.160 e. The van der Waals surface area contributed by atoms with Crippen molar-refractivity contribution in [3.8, 4) is 78.4 Å². The van der Waals surface area contributed by atoms with E-state index in [4.69, 9.17) is 9.97 Å². The third-order valence-corrected chi connectivity index (χ3v) is 13.3. The molecule has 0 N–H and O–H groups in total. The summed E-state index contributed by atoms with van der Waals surface area (Å²) in [4.78, 5) is 10.6. The van der Waals surface area contributed by atoms with Crippen LogP contribution in [-0.4, -0.2) is 9.97 Å². The minimum absolute atomic E-state index is 0.0509. The summed E-state index contributed by atoms with van der Waals surface area (Å²) in [7, 11) is 0. The number of hydrogen-bond donors (Lipinski definition) is 0. The van der Waals surface area contributed by atoms with Crippen molar-refractivity contribution in [1.29, 1.82) is 0 Å². The van der Waals surface area contributed by atoms with Crippen LogP contribution in [0.15, 0.2) is 218 Å². The Labute approximate surface area is 367 Å². The first-order valence-electron chi connectivity index (χ1n) is 21.8. The molecule has 1 heterocycles. The molecular formula is C61H42N2. The van der Waals surface area contributed by atoms with Gasteiger partial charge < -0.3 is 0 Å². The normalized spacial score (nSPS) is 12.7. The molecule has 296 valence electrons. The standard InChI is InChI=1S/C61H42N2/c1-61(2)54-21-11-10-19-52(54)59-49(20-12-22-55(59)61)42-25-29-44(30-26-42)57-38-56(43-27-23-40(24-28-43)39-13-4-3-5-14-39)62-60(63-57)46-33-31-45(32-34-46)58-50-18-9-7-16-47(50)37-53-48-17-8-6-15-41(48)35-36-51(53)58/h3-38H,1-2H3. The number of fused-ring (bicyclic) bond motifs is 7. The third-order valence-electron chi connectivity index (χ3n) is 13.3. The van der Waals surface area contributed by atoms with E-state index in [-0.39, 0.29) is 5.41 Å². The van der Waals surface area contributed by atoms with Gasteiger partial charge >= 0.3 is 0 Å². The van der Waals surface area contributed by atoms with E-state index < -0.39 is 0 Å². The maximum absolute atomic E-state index is 5.30. The molecule has 0 radical (unpaired) electrons. The topological polar surface area (TPSA) is 25.8 Å². The molecule has 0 fully saturated rings. The van der Waals surface area contributed by atoms with Gasteiger partial charge in [0.15, 0.2) is 5.82 Å². The van der Waals surface area contributed by atoms with E-state index in [1.807, 2.05) is 0 Å². The molecule has 1 aromatic heterocycles. The van der Waals surface area contributed by atoms with Crippen LogP contribution in [0.5, 0.6) is 0 Å². The highest BCUT2D eigenvalue weighted by Gasteiger charge is 2.36. The second-order valence-corrected chi connectivity index (χ2v) is 17.3. The lowest BCUT2D eigenvalue weighted by Crippen LogP contribution is -2.14. The smallest absolute Gasteiger partial charge is 0.160 e. The lowest BCUT2D eigenvalue weighted by molar-refractivity contribution is 0.660. The first kappa shape index (κ1) is 36.9. The van der Waals surface area contributed by atoms with Crippen LogP contribution in [0, 0.1) is 0 Å². The Bertz CT molecular complexity index is 3550. The van der Waals surface area contributed by atoms with Crippen molar-refractivity contribution >= 4 is 32.3 Å². The zero-order chi connectivity index (χ0) is 42.1. The highest BCUT2D eigenvalue weighted by atomic mass is 14.9. The van der Waals surface area contributed by atoms with Crippen LogP contribution < -0.4 is 0 Å². The van der Waals surface area contributed by atoms with Gasteiger partial charge in [0.2, 0.25) is 0 Å². The van der Waals surface area contributed by atoms with E-state index in [1.165, 1.54) is 82.4 Å². The first-order chi connectivity index (χ1) is 31.0. The van der Waals surface area contributed by atoms with Crippen LogP contribution in [0.2, 0.25) is 0 Å². The van der Waals surface area contributed by atoms with Gasteiger partial charge in [-0.3, -0.25) is 0 Å². The molecule has 0 atom stereocenters. The van der Waals surface area contributed by atoms with Crippen molar-refractivity contribution in [2.24, 2.45) is 0 Å². The largest absolute Gasteiger partial charge is 0.228 e. The summed E-state index contributed by atoms with van der Waals surface area (Å²) in [5.74, 6) is 0.693. The Morgan fingerprint density at radius 1 is 0.302 bits per heavy atom. The van der Waals surface area contributed by atoms with Crippen molar-refractivity contribution in [2.45, 2.75) is 19.3 Å². The van der Waals surface area contributed by atoms with Gasteiger partial charge in [0, 0.05) is 22.1 Å². The van der Waals surface area contributed by atoms with Crippen LogP contribution in [0.3, 0.4) is 0 Å². The predicted molar refractivity (Wildman–Crippen MR) is 265 cm³/mol. The van der Waals surface area contributed by atoms with Crippen LogP contribution in [0.25, 0.3) is 111 Å². The van der Waals surface area contributed by atoms with Crippen LogP contribution in [0.4, 0.5) is 0 Å². The lowest BCUT2D eigenvalue weighted by Gasteiger charge is -2.21. The minimum atomic E-state index is -0.0509. The highest BCUT2D eigenvalue weighted by molar-refractivity contribution is 6.20. The van der Waals surface area contributed by atoms with Crippen LogP contribution >= 0.6 is 0 Å². The molecule has 0 aliphatic heterocycles. The van der Waals surface area contributed by atoms with E-state index >= 15 is 0 Å². The number of benzene rings is 10. The molecule has 1 aliphatic carbocycles. The van der Waals surface area contributed by atoms with E-state index in [0.717, 1.165) is 33.6 Å². The minimum Gasteiger partial charge on any atom is -0.228 e. The second kappa shape index (κ2) is 14.6. The Hall–Kier alpha value is -7.94. The van der Waals surface area contributed by atoms with Crippen molar-refractivity contribution in [3.05, 3.63) is 230 Å². The number of aromatic nitrogens is 2. The summed E-state index contributed by atoms with van der Waals surface area (Å²) in [6, 6.07) is 79.1. The Kier molecular flexibility index (Phi) is 8.55. The first-order valence-corrected chi connectivity index (χ1v) is 21.8. The van der Waals surface area contributed by atoms with Gasteiger partial charge in [-0.15, -0.1) is 0 Å². The van der Waals surface area contributed by atoms with E-state index in [2.05, 4.69) is 232 Å². The molecule has 0 spiro atoms. The SMILES string of the molecule is CC1(C)c2ccccc2-c2c(-c3ccc(-c4cc(-c5ccc(-c6ccccc6)cc5)nc(-c5ccc(-c6c7ccccc7cc7c6ccc6ccccc67)cc5)n4)cc3)cccc21. The second-order valence-electron chi connectivity index (χ2n) is 17.3. The molecule has 0 saturated carbocycles. The molecule has 1 aliphatic rings. The Morgan fingerprint density at radius 3 is 1.59 bits per heavy atom. The Morgan fingerprint density at radius 2 is 0.841 bits per heavy atom. The molecule has 2 heteroatoms. The molecule has 0 amide bonds. The molecular weight excluding hydrogens is 761 g/mol. The summed E-state index contributed by atoms with van der Waals surface area (Å²) >= 11 is 0. The van der Waals surface area contributed by atoms with E-state index in [0.29, 0.717) is 5.82 Å². The summed E-state index contributed by atoms with van der Waals surface area (Å²) < 4.78 is 0. The molecule has 0 unspecified atom stereocenters. The molecule has 10 aromatic carbocycles. The highest BCUT2D eigenvalue weighted by Crippen LogP contribution is 2.52. The van der Waals surface area contributed by atoms with E-state index in [9.17, 15) is 0 Å². The van der Waals surface area contributed by atoms with Gasteiger partial charge in [-0.05, 0) is 100 Å². The zero-order valence-corrected chi connectivity index (χ0v) is 35.2. The fourth-order valence-corrected chi connectivity index (χ4v) is 10.1. The summed E-state index contributed by atoms with van der Waals surface area (Å²) in [6.45, 7) is 4.68. The average Bonchev–Trinajstić information content (AvgIpc) is 3.59. The fraction of sp³-hybridized carbons (Fsp3) is 0.0492. The summed E-state index contributed by atoms with van der Waals surface area (Å²) in [6.07, 6.45) is 0. The van der Waals surface area contributed by atoms with Gasteiger partial charge in [0.1, 0.15) is 0 Å². The van der Waals surface area contributed by atoms with Crippen molar-refractivity contribution in [3.63, 3.8) is 0 Å². The van der Waals surface area contributed by atoms with Gasteiger partial charge in [-0.2, -0.15) is 0 Å². The monoisotopic (exact) mass is 802 g/mol. The summed E-state index contributed by atoms with van der Waals surface area (Å²) in [5, 5.41) is 7.50. The molecule has 0 saturated heterocycles. The quantitative estimate of drug-likeness (QED) is 0.124. The lowest BCUT2D eigenvalue weighted by atomic mass is 9.82. The molecule has 12 rings (SSSR count). The molecule has 2 nitrogen and oxygen atoms in total. The van der Waals surface area contributed by atoms with Gasteiger partial charge in [-0.1, -0.05) is 220 Å². The number of nitrogens with zero attached hydrogens (tertiary/aromatic N) is 2. The molecule has 11 aromatic rings. The van der Waals surface area contributed by atoms with Crippen LogP contribution in [0.1, 0.15) is 25.0 Å². The van der Waals surface area contributed by atoms with Gasteiger partial charge in [0.05, 0.1) is 11.4 Å². The number of hydrogen-bond acceptors (Lipinski definition) is 2. The molecule has 63 heavy (non-hydrogen) atoms. The Balaban J connectivity index is 0.966. The van der Waals surface area contributed by atoms with Crippen LogP contribution in [-0.2, 0) is 5.41 Å². The zero-order valence-electron chi connectivity index (χ0n) is 35.2. The average molecular weight is 803 g/mol. The number of rotatable bonds is 6. The summed E-state index contributed by atoms with van der Waals surface area (Å²) in [5.41, 5.74) is 17.4. The fourth-order valence-electron chi connectivity index (χ4n) is 10.1. The van der Waals surface area contributed by atoms with E-state index in [1.54, 1.807) is 0 Å². The van der Waals surface area contributed by atoms with Crippen molar-refractivity contribution < 1.29 is 0 Å². The van der Waals surface area contributed by atoms with Gasteiger partial charge in [-0.25, -0.2) is 9.97 Å². The van der Waals surface area contributed by atoms with Crippen molar-refractivity contribution in [2.75, 3.05) is 0 Å². The van der Waals surface area contributed by atoms with Gasteiger partial charge in [0.25, 0.3) is 0 Å². The van der Waals surface area contributed by atoms with Crippen molar-refractivity contribution in [1.82, 2.24) is 9.97 Å². The molecule has 0 bridgehead atoms. The maximum atomic E-state index is 5.30. The third kappa shape index (κ3) is 6.17.